The maximum absolute atomic E-state index is 5.76. The van der Waals surface area contributed by atoms with Crippen molar-refractivity contribution in [2.75, 3.05) is 23.7 Å². The summed E-state index contributed by atoms with van der Waals surface area (Å²) in [4.78, 5) is 6.51. The predicted octanol–water partition coefficient (Wildman–Crippen LogP) is 3.32. The number of nitrogens with zero attached hydrogens (tertiary/aromatic N) is 2. The van der Waals surface area contributed by atoms with Gasteiger partial charge in [0.1, 0.15) is 5.82 Å². The van der Waals surface area contributed by atoms with E-state index >= 15 is 0 Å². The molecule has 100 valence electrons. The number of aromatic nitrogens is 1. The first-order valence-electron chi connectivity index (χ1n) is 6.93. The van der Waals surface area contributed by atoms with Crippen LogP contribution in [0.1, 0.15) is 40.0 Å². The van der Waals surface area contributed by atoms with Crippen molar-refractivity contribution < 1.29 is 0 Å². The molecule has 1 unspecified atom stereocenters. The molecule has 1 aliphatic rings. The quantitative estimate of drug-likeness (QED) is 0.827. The van der Waals surface area contributed by atoms with Crippen LogP contribution in [0, 0.1) is 11.3 Å². The second-order valence-electron chi connectivity index (χ2n) is 6.42. The first-order chi connectivity index (χ1) is 8.47. The molecule has 0 aromatic carbocycles. The third kappa shape index (κ3) is 3.15. The number of pyridine rings is 1. The van der Waals surface area contributed by atoms with Crippen molar-refractivity contribution >= 4 is 11.5 Å². The van der Waals surface area contributed by atoms with Crippen LogP contribution in [0.25, 0.3) is 0 Å². The van der Waals surface area contributed by atoms with E-state index < -0.39 is 0 Å². The maximum atomic E-state index is 5.76. The second kappa shape index (κ2) is 5.17. The Bertz CT molecular complexity index is 395. The lowest BCUT2D eigenvalue weighted by Gasteiger charge is -2.30. The molecule has 2 rings (SSSR count). The summed E-state index contributed by atoms with van der Waals surface area (Å²) >= 11 is 0. The van der Waals surface area contributed by atoms with Gasteiger partial charge in [0.15, 0.2) is 0 Å². The van der Waals surface area contributed by atoms with Crippen molar-refractivity contribution in [3.05, 3.63) is 18.3 Å². The van der Waals surface area contributed by atoms with Gasteiger partial charge in [0.2, 0.25) is 0 Å². The Balaban J connectivity index is 2.05. The molecule has 18 heavy (non-hydrogen) atoms. The van der Waals surface area contributed by atoms with E-state index in [0.717, 1.165) is 19.0 Å². The standard InChI is InChI=1S/C15H25N3/c1-15(2,3)12-5-4-9-18(10-7-12)13-6-8-17-14(16)11-13/h6,8,11-12H,4-5,7,9-10H2,1-3H3,(H2,16,17). The van der Waals surface area contributed by atoms with Crippen LogP contribution >= 0.6 is 0 Å². The van der Waals surface area contributed by atoms with Crippen LogP contribution in [0.5, 0.6) is 0 Å². The summed E-state index contributed by atoms with van der Waals surface area (Å²) in [6.07, 6.45) is 5.67. The fourth-order valence-corrected chi connectivity index (χ4v) is 2.85. The van der Waals surface area contributed by atoms with Crippen molar-refractivity contribution in [1.82, 2.24) is 4.98 Å². The highest BCUT2D eigenvalue weighted by molar-refractivity contribution is 5.52. The van der Waals surface area contributed by atoms with Crippen LogP contribution < -0.4 is 10.6 Å². The lowest BCUT2D eigenvalue weighted by Crippen LogP contribution is -2.26. The number of rotatable bonds is 1. The van der Waals surface area contributed by atoms with Crippen molar-refractivity contribution in [3.8, 4) is 0 Å². The van der Waals surface area contributed by atoms with Gasteiger partial charge in [0, 0.05) is 31.0 Å². The summed E-state index contributed by atoms with van der Waals surface area (Å²) in [5.74, 6) is 1.44. The Morgan fingerprint density at radius 2 is 2.06 bits per heavy atom. The van der Waals surface area contributed by atoms with Crippen LogP contribution in [0.4, 0.5) is 11.5 Å². The van der Waals surface area contributed by atoms with E-state index in [-0.39, 0.29) is 0 Å². The molecule has 0 aliphatic carbocycles. The second-order valence-corrected chi connectivity index (χ2v) is 6.42. The number of hydrogen-bond acceptors (Lipinski definition) is 3. The lowest BCUT2D eigenvalue weighted by molar-refractivity contribution is 0.220. The predicted molar refractivity (Wildman–Crippen MR) is 77.7 cm³/mol. The summed E-state index contributed by atoms with van der Waals surface area (Å²) in [5, 5.41) is 0. The van der Waals surface area contributed by atoms with Crippen molar-refractivity contribution in [3.63, 3.8) is 0 Å². The van der Waals surface area contributed by atoms with E-state index in [1.54, 1.807) is 6.20 Å². The average molecular weight is 247 g/mol. The van der Waals surface area contributed by atoms with E-state index in [0.29, 0.717) is 11.2 Å². The maximum Gasteiger partial charge on any atom is 0.125 e. The average Bonchev–Trinajstić information content (AvgIpc) is 2.53. The fraction of sp³-hybridized carbons (Fsp3) is 0.667. The summed E-state index contributed by atoms with van der Waals surface area (Å²) < 4.78 is 0. The molecule has 0 saturated carbocycles. The Morgan fingerprint density at radius 3 is 2.72 bits per heavy atom. The summed E-state index contributed by atoms with van der Waals surface area (Å²) in [7, 11) is 0. The molecule has 3 nitrogen and oxygen atoms in total. The zero-order valence-electron chi connectivity index (χ0n) is 11.8. The molecule has 3 heteroatoms. The summed E-state index contributed by atoms with van der Waals surface area (Å²) in [6, 6.07) is 4.05. The van der Waals surface area contributed by atoms with Gasteiger partial charge in [-0.2, -0.15) is 0 Å². The number of anilines is 2. The minimum absolute atomic E-state index is 0.424. The molecule has 1 atom stereocenters. The van der Waals surface area contributed by atoms with Gasteiger partial charge < -0.3 is 10.6 Å². The molecule has 2 N–H and O–H groups in total. The summed E-state index contributed by atoms with van der Waals surface area (Å²) in [6.45, 7) is 9.34. The third-order valence-corrected chi connectivity index (χ3v) is 4.08. The minimum atomic E-state index is 0.424. The van der Waals surface area contributed by atoms with E-state index in [2.05, 4.69) is 36.7 Å². The normalized spacial score (nSPS) is 21.7. The molecule has 1 saturated heterocycles. The summed E-state index contributed by atoms with van der Waals surface area (Å²) in [5.41, 5.74) is 7.41. The van der Waals surface area contributed by atoms with Crippen LogP contribution in [0.3, 0.4) is 0 Å². The van der Waals surface area contributed by atoms with Gasteiger partial charge in [-0.3, -0.25) is 0 Å². The number of nitrogens with two attached hydrogens (primary N) is 1. The molecule has 2 heterocycles. The van der Waals surface area contributed by atoms with Crippen molar-refractivity contribution in [1.29, 1.82) is 0 Å². The number of hydrogen-bond donors (Lipinski definition) is 1. The largest absolute Gasteiger partial charge is 0.384 e. The Hall–Kier alpha value is -1.25. The first-order valence-corrected chi connectivity index (χ1v) is 6.93. The Morgan fingerprint density at radius 1 is 1.28 bits per heavy atom. The van der Waals surface area contributed by atoms with Gasteiger partial charge in [-0.1, -0.05) is 20.8 Å². The Kier molecular flexibility index (Phi) is 3.79. The highest BCUT2D eigenvalue weighted by atomic mass is 15.1. The van der Waals surface area contributed by atoms with Gasteiger partial charge in [0.25, 0.3) is 0 Å². The topological polar surface area (TPSA) is 42.2 Å². The van der Waals surface area contributed by atoms with E-state index in [9.17, 15) is 0 Å². The molecule has 0 amide bonds. The van der Waals surface area contributed by atoms with Crippen molar-refractivity contribution in [2.24, 2.45) is 11.3 Å². The van der Waals surface area contributed by atoms with Gasteiger partial charge in [-0.05, 0) is 36.7 Å². The molecule has 1 aliphatic heterocycles. The molecular weight excluding hydrogens is 222 g/mol. The van der Waals surface area contributed by atoms with Crippen LogP contribution in [0.15, 0.2) is 18.3 Å². The van der Waals surface area contributed by atoms with Gasteiger partial charge in [-0.15, -0.1) is 0 Å². The lowest BCUT2D eigenvalue weighted by atomic mass is 9.77. The zero-order valence-corrected chi connectivity index (χ0v) is 11.8. The third-order valence-electron chi connectivity index (χ3n) is 4.08. The molecule has 0 bridgehead atoms. The molecule has 1 fully saturated rings. The van der Waals surface area contributed by atoms with Gasteiger partial charge in [-0.25, -0.2) is 4.98 Å². The van der Waals surface area contributed by atoms with Gasteiger partial charge >= 0.3 is 0 Å². The van der Waals surface area contributed by atoms with Gasteiger partial charge in [0.05, 0.1) is 0 Å². The first kappa shape index (κ1) is 13.2. The Labute approximate surface area is 110 Å². The SMILES string of the molecule is CC(C)(C)C1CCCN(c2ccnc(N)c2)CC1. The van der Waals surface area contributed by atoms with Crippen molar-refractivity contribution in [2.45, 2.75) is 40.0 Å². The molecule has 1 aromatic heterocycles. The van der Waals surface area contributed by atoms with Crippen LogP contribution in [-0.2, 0) is 0 Å². The molecule has 0 radical (unpaired) electrons. The monoisotopic (exact) mass is 247 g/mol. The zero-order chi connectivity index (χ0) is 13.2. The van der Waals surface area contributed by atoms with Crippen LogP contribution in [-0.4, -0.2) is 18.1 Å². The van der Waals surface area contributed by atoms with Crippen LogP contribution in [0.2, 0.25) is 0 Å². The highest BCUT2D eigenvalue weighted by Gasteiger charge is 2.27. The van der Waals surface area contributed by atoms with E-state index in [1.807, 2.05) is 6.07 Å². The number of nitrogen functional groups attached to an aromatic ring is 1. The molecule has 0 spiro atoms. The fourth-order valence-electron chi connectivity index (χ4n) is 2.85. The van der Waals surface area contributed by atoms with E-state index in [1.165, 1.54) is 24.9 Å². The highest BCUT2D eigenvalue weighted by Crippen LogP contribution is 2.35. The molecular formula is C15H25N3. The smallest absolute Gasteiger partial charge is 0.125 e. The van der Waals surface area contributed by atoms with E-state index in [4.69, 9.17) is 5.73 Å². The molecule has 1 aromatic rings. The minimum Gasteiger partial charge on any atom is -0.384 e.